The van der Waals surface area contributed by atoms with Gasteiger partial charge in [-0.1, -0.05) is 18.2 Å². The summed E-state index contributed by atoms with van der Waals surface area (Å²) in [7, 11) is 0. The highest BCUT2D eigenvalue weighted by molar-refractivity contribution is 7.19. The van der Waals surface area contributed by atoms with E-state index in [2.05, 4.69) is 31.2 Å². The molecule has 0 saturated carbocycles. The summed E-state index contributed by atoms with van der Waals surface area (Å²) in [5.74, 6) is -0.193. The number of aryl methyl sites for hydroxylation is 1. The third-order valence-corrected chi connectivity index (χ3v) is 3.85. The minimum atomic E-state index is -0.193. The van der Waals surface area contributed by atoms with E-state index in [0.717, 1.165) is 11.1 Å². The largest absolute Gasteiger partial charge is 0.207 e. The van der Waals surface area contributed by atoms with E-state index in [1.54, 1.807) is 11.3 Å². The van der Waals surface area contributed by atoms with Crippen LogP contribution in [0.3, 0.4) is 0 Å². The summed E-state index contributed by atoms with van der Waals surface area (Å²) in [6, 6.07) is 15.2. The fraction of sp³-hybridized carbons (Fsp3) is 0.0667. The van der Waals surface area contributed by atoms with E-state index in [0.29, 0.717) is 0 Å². The van der Waals surface area contributed by atoms with Crippen molar-refractivity contribution in [3.8, 4) is 11.1 Å². The Morgan fingerprint density at radius 2 is 1.59 bits per heavy atom. The zero-order chi connectivity index (χ0) is 11.8. The molecule has 0 N–H and O–H groups in total. The SMILES string of the molecule is Cc1cc2cc(-c3ccc(F)cc3)ccc2s1. The molecule has 3 aromatic rings. The average molecular weight is 242 g/mol. The molecule has 3 rings (SSSR count). The number of hydrogen-bond donors (Lipinski definition) is 0. The van der Waals surface area contributed by atoms with Gasteiger partial charge < -0.3 is 0 Å². The van der Waals surface area contributed by atoms with E-state index >= 15 is 0 Å². The molecule has 0 amide bonds. The van der Waals surface area contributed by atoms with Gasteiger partial charge >= 0.3 is 0 Å². The van der Waals surface area contributed by atoms with Crippen molar-refractivity contribution in [3.05, 3.63) is 59.2 Å². The lowest BCUT2D eigenvalue weighted by molar-refractivity contribution is 0.628. The Morgan fingerprint density at radius 3 is 2.35 bits per heavy atom. The van der Waals surface area contributed by atoms with Gasteiger partial charge in [0.15, 0.2) is 0 Å². The molecular weight excluding hydrogens is 231 g/mol. The molecule has 2 heteroatoms. The maximum Gasteiger partial charge on any atom is 0.123 e. The molecule has 17 heavy (non-hydrogen) atoms. The maximum atomic E-state index is 12.9. The topological polar surface area (TPSA) is 0 Å². The van der Waals surface area contributed by atoms with Crippen molar-refractivity contribution in [1.29, 1.82) is 0 Å². The van der Waals surface area contributed by atoms with Crippen LogP contribution in [0.25, 0.3) is 21.2 Å². The number of thiophene rings is 1. The molecule has 0 atom stereocenters. The molecule has 0 aliphatic heterocycles. The van der Waals surface area contributed by atoms with Crippen LogP contribution in [0.5, 0.6) is 0 Å². The van der Waals surface area contributed by atoms with Crippen molar-refractivity contribution >= 4 is 21.4 Å². The smallest absolute Gasteiger partial charge is 0.123 e. The fourth-order valence-electron chi connectivity index (χ4n) is 2.00. The summed E-state index contributed by atoms with van der Waals surface area (Å²) in [5.41, 5.74) is 2.19. The third-order valence-electron chi connectivity index (χ3n) is 2.82. The second kappa shape index (κ2) is 3.97. The Labute approximate surface area is 103 Å². The zero-order valence-corrected chi connectivity index (χ0v) is 10.2. The first kappa shape index (κ1) is 10.5. The third kappa shape index (κ3) is 1.96. The van der Waals surface area contributed by atoms with Crippen LogP contribution in [0.15, 0.2) is 48.5 Å². The van der Waals surface area contributed by atoms with Gasteiger partial charge in [0.25, 0.3) is 0 Å². The van der Waals surface area contributed by atoms with Crippen molar-refractivity contribution < 1.29 is 4.39 Å². The van der Waals surface area contributed by atoms with E-state index in [4.69, 9.17) is 0 Å². The summed E-state index contributed by atoms with van der Waals surface area (Å²) in [6.45, 7) is 2.11. The predicted molar refractivity (Wildman–Crippen MR) is 72.0 cm³/mol. The molecule has 0 aliphatic rings. The van der Waals surface area contributed by atoms with Crippen LogP contribution >= 0.6 is 11.3 Å². The number of fused-ring (bicyclic) bond motifs is 1. The van der Waals surface area contributed by atoms with Crippen LogP contribution in [0.4, 0.5) is 4.39 Å². The summed E-state index contributed by atoms with van der Waals surface area (Å²) >= 11 is 1.80. The maximum absolute atomic E-state index is 12.9. The van der Waals surface area contributed by atoms with Crippen LogP contribution in [-0.4, -0.2) is 0 Å². The van der Waals surface area contributed by atoms with Crippen molar-refractivity contribution in [2.45, 2.75) is 6.92 Å². The monoisotopic (exact) mass is 242 g/mol. The Kier molecular flexibility index (Phi) is 2.45. The number of benzene rings is 2. The zero-order valence-electron chi connectivity index (χ0n) is 9.41. The highest BCUT2D eigenvalue weighted by Crippen LogP contribution is 2.29. The van der Waals surface area contributed by atoms with Gasteiger partial charge in [0.05, 0.1) is 0 Å². The molecule has 84 valence electrons. The van der Waals surface area contributed by atoms with Crippen LogP contribution in [-0.2, 0) is 0 Å². The van der Waals surface area contributed by atoms with Gasteiger partial charge in [0, 0.05) is 9.58 Å². The van der Waals surface area contributed by atoms with Crippen LogP contribution in [0, 0.1) is 12.7 Å². The molecule has 0 saturated heterocycles. The van der Waals surface area contributed by atoms with Gasteiger partial charge in [-0.05, 0) is 53.8 Å². The van der Waals surface area contributed by atoms with E-state index < -0.39 is 0 Å². The normalized spacial score (nSPS) is 10.9. The van der Waals surface area contributed by atoms with Crippen molar-refractivity contribution in [1.82, 2.24) is 0 Å². The number of rotatable bonds is 1. The molecule has 0 unspecified atom stereocenters. The van der Waals surface area contributed by atoms with E-state index in [1.165, 1.54) is 27.1 Å². The molecule has 0 aliphatic carbocycles. The first-order chi connectivity index (χ1) is 8.22. The predicted octanol–water partition coefficient (Wildman–Crippen LogP) is 5.02. The van der Waals surface area contributed by atoms with E-state index in [1.807, 2.05) is 12.1 Å². The van der Waals surface area contributed by atoms with Crippen LogP contribution in [0.2, 0.25) is 0 Å². The van der Waals surface area contributed by atoms with Crippen LogP contribution < -0.4 is 0 Å². The molecular formula is C15H11FS. The Bertz CT molecular complexity index is 665. The minimum absolute atomic E-state index is 0.193. The summed E-state index contributed by atoms with van der Waals surface area (Å²) < 4.78 is 14.2. The molecule has 0 spiro atoms. The summed E-state index contributed by atoms with van der Waals surface area (Å²) in [6.07, 6.45) is 0. The summed E-state index contributed by atoms with van der Waals surface area (Å²) in [4.78, 5) is 1.32. The number of hydrogen-bond acceptors (Lipinski definition) is 1. The van der Waals surface area contributed by atoms with Gasteiger partial charge in [0.2, 0.25) is 0 Å². The van der Waals surface area contributed by atoms with E-state index in [9.17, 15) is 4.39 Å². The lowest BCUT2D eigenvalue weighted by atomic mass is 10.0. The van der Waals surface area contributed by atoms with Crippen molar-refractivity contribution in [3.63, 3.8) is 0 Å². The first-order valence-electron chi connectivity index (χ1n) is 5.48. The van der Waals surface area contributed by atoms with Crippen LogP contribution in [0.1, 0.15) is 4.88 Å². The Morgan fingerprint density at radius 1 is 0.882 bits per heavy atom. The fourth-order valence-corrected chi connectivity index (χ4v) is 2.90. The van der Waals surface area contributed by atoms with E-state index in [-0.39, 0.29) is 5.82 Å². The molecule has 1 heterocycles. The molecule has 0 nitrogen and oxygen atoms in total. The quantitative estimate of drug-likeness (QED) is 0.562. The highest BCUT2D eigenvalue weighted by atomic mass is 32.1. The summed E-state index contributed by atoms with van der Waals surface area (Å²) in [5, 5.41) is 1.26. The lowest BCUT2D eigenvalue weighted by Gasteiger charge is -2.01. The second-order valence-corrected chi connectivity index (χ2v) is 5.40. The van der Waals surface area contributed by atoms with Gasteiger partial charge in [-0.2, -0.15) is 0 Å². The lowest BCUT2D eigenvalue weighted by Crippen LogP contribution is -1.78. The standard InChI is InChI=1S/C15H11FS/c1-10-8-13-9-12(4-7-15(13)17-10)11-2-5-14(16)6-3-11/h2-9H,1H3. The van der Waals surface area contributed by atoms with Crippen molar-refractivity contribution in [2.75, 3.05) is 0 Å². The average Bonchev–Trinajstić information content (AvgIpc) is 2.69. The molecule has 0 bridgehead atoms. The first-order valence-corrected chi connectivity index (χ1v) is 6.30. The highest BCUT2D eigenvalue weighted by Gasteiger charge is 2.02. The molecule has 0 radical (unpaired) electrons. The van der Waals surface area contributed by atoms with Gasteiger partial charge in [-0.25, -0.2) is 4.39 Å². The second-order valence-electron chi connectivity index (χ2n) is 4.12. The van der Waals surface area contributed by atoms with Gasteiger partial charge in [-0.3, -0.25) is 0 Å². The molecule has 2 aromatic carbocycles. The molecule has 1 aromatic heterocycles. The Hall–Kier alpha value is -1.67. The van der Waals surface area contributed by atoms with Gasteiger partial charge in [-0.15, -0.1) is 11.3 Å². The van der Waals surface area contributed by atoms with Crippen molar-refractivity contribution in [2.24, 2.45) is 0 Å². The molecule has 0 fully saturated rings. The minimum Gasteiger partial charge on any atom is -0.207 e. The van der Waals surface area contributed by atoms with Gasteiger partial charge in [0.1, 0.15) is 5.82 Å². The Balaban J connectivity index is 2.13. The number of halogens is 1.